The molecule has 1 aliphatic rings. The van der Waals surface area contributed by atoms with Gasteiger partial charge >= 0.3 is 0 Å². The predicted octanol–water partition coefficient (Wildman–Crippen LogP) is 6.52. The highest BCUT2D eigenvalue weighted by Crippen LogP contribution is 2.45. The van der Waals surface area contributed by atoms with Crippen molar-refractivity contribution < 1.29 is 4.74 Å². The number of benzene rings is 2. The molecule has 3 nitrogen and oxygen atoms in total. The molecule has 0 spiro atoms. The average Bonchev–Trinajstić information content (AvgIpc) is 2.62. The highest BCUT2D eigenvalue weighted by Gasteiger charge is 2.36. The number of methoxy groups -OCH3 is 1. The third kappa shape index (κ3) is 3.70. The van der Waals surface area contributed by atoms with Crippen molar-refractivity contribution in [2.24, 2.45) is 4.99 Å². The first-order valence-corrected chi connectivity index (χ1v) is 9.95. The lowest BCUT2D eigenvalue weighted by atomic mass is 9.79. The fraction of sp³-hybridized carbons (Fsp3) is 0.435. The maximum atomic E-state index is 6.22. The molecule has 0 bridgehead atoms. The summed E-state index contributed by atoms with van der Waals surface area (Å²) in [4.78, 5) is 7.16. The standard InChI is InChI=1S/C23H29ClN2O/c1-7-26-21-12-22(27-6)17(11-18(21)15(2)13-23(26,4)5)14-25-20-10-8-9-19(24)16(20)3/h8-12,14-15H,7,13H2,1-6H3. The molecule has 1 heterocycles. The molecule has 2 aromatic carbocycles. The van der Waals surface area contributed by atoms with Crippen LogP contribution in [0.5, 0.6) is 5.75 Å². The second kappa shape index (κ2) is 7.55. The third-order valence-corrected chi connectivity index (χ3v) is 6.04. The van der Waals surface area contributed by atoms with E-state index in [1.54, 1.807) is 7.11 Å². The van der Waals surface area contributed by atoms with E-state index in [2.05, 4.69) is 49.7 Å². The third-order valence-electron chi connectivity index (χ3n) is 5.64. The molecule has 2 aromatic rings. The fourth-order valence-electron chi connectivity index (χ4n) is 4.28. The van der Waals surface area contributed by atoms with Crippen LogP contribution in [0.1, 0.15) is 56.7 Å². The molecule has 1 unspecified atom stereocenters. The number of fused-ring (bicyclic) bond motifs is 1. The molecule has 0 saturated heterocycles. The van der Waals surface area contributed by atoms with E-state index < -0.39 is 0 Å². The van der Waals surface area contributed by atoms with Gasteiger partial charge in [-0.2, -0.15) is 0 Å². The van der Waals surface area contributed by atoms with Crippen molar-refractivity contribution in [1.82, 2.24) is 0 Å². The van der Waals surface area contributed by atoms with Crippen LogP contribution in [0.15, 0.2) is 35.3 Å². The van der Waals surface area contributed by atoms with Crippen LogP contribution in [0.4, 0.5) is 11.4 Å². The highest BCUT2D eigenvalue weighted by molar-refractivity contribution is 6.31. The fourth-order valence-corrected chi connectivity index (χ4v) is 4.45. The molecule has 1 atom stereocenters. The van der Waals surface area contributed by atoms with Crippen molar-refractivity contribution in [3.8, 4) is 5.75 Å². The maximum absolute atomic E-state index is 6.22. The normalized spacial score (nSPS) is 18.6. The summed E-state index contributed by atoms with van der Waals surface area (Å²) in [5.74, 6) is 1.34. The molecule has 0 amide bonds. The van der Waals surface area contributed by atoms with Crippen LogP contribution in [0.3, 0.4) is 0 Å². The van der Waals surface area contributed by atoms with Gasteiger partial charge in [-0.3, -0.25) is 4.99 Å². The van der Waals surface area contributed by atoms with Crippen LogP contribution in [0.2, 0.25) is 5.02 Å². The molecule has 0 aromatic heterocycles. The molecule has 144 valence electrons. The van der Waals surface area contributed by atoms with Crippen LogP contribution >= 0.6 is 11.6 Å². The van der Waals surface area contributed by atoms with Crippen LogP contribution in [0.25, 0.3) is 0 Å². The Kier molecular flexibility index (Phi) is 5.53. The van der Waals surface area contributed by atoms with Gasteiger partial charge in [0.25, 0.3) is 0 Å². The van der Waals surface area contributed by atoms with Gasteiger partial charge < -0.3 is 9.64 Å². The Morgan fingerprint density at radius 3 is 2.74 bits per heavy atom. The smallest absolute Gasteiger partial charge is 0.129 e. The Morgan fingerprint density at radius 1 is 1.33 bits per heavy atom. The number of anilines is 1. The number of nitrogens with zero attached hydrogens (tertiary/aromatic N) is 2. The summed E-state index contributed by atoms with van der Waals surface area (Å²) in [7, 11) is 1.72. The topological polar surface area (TPSA) is 24.8 Å². The van der Waals surface area contributed by atoms with Gasteiger partial charge in [0.05, 0.1) is 12.8 Å². The average molecular weight is 385 g/mol. The maximum Gasteiger partial charge on any atom is 0.129 e. The van der Waals surface area contributed by atoms with E-state index in [4.69, 9.17) is 16.3 Å². The van der Waals surface area contributed by atoms with Crippen molar-refractivity contribution >= 4 is 29.2 Å². The van der Waals surface area contributed by atoms with Crippen LogP contribution in [-0.4, -0.2) is 25.4 Å². The van der Waals surface area contributed by atoms with Gasteiger partial charge in [-0.1, -0.05) is 24.6 Å². The summed E-state index contributed by atoms with van der Waals surface area (Å²) in [5.41, 5.74) is 5.64. The molecule has 0 fully saturated rings. The van der Waals surface area contributed by atoms with Crippen LogP contribution in [0, 0.1) is 6.92 Å². The summed E-state index contributed by atoms with van der Waals surface area (Å²) >= 11 is 6.22. The van der Waals surface area contributed by atoms with Gasteiger partial charge in [0.15, 0.2) is 0 Å². The first-order valence-electron chi connectivity index (χ1n) is 9.57. The van der Waals surface area contributed by atoms with E-state index >= 15 is 0 Å². The van der Waals surface area contributed by atoms with E-state index in [0.717, 1.165) is 40.6 Å². The molecule has 27 heavy (non-hydrogen) atoms. The number of hydrogen-bond donors (Lipinski definition) is 0. The zero-order chi connectivity index (χ0) is 19.8. The Balaban J connectivity index is 2.07. The van der Waals surface area contributed by atoms with Crippen molar-refractivity contribution in [1.29, 1.82) is 0 Å². The number of ether oxygens (including phenoxy) is 1. The minimum atomic E-state index is 0.139. The molecule has 0 saturated carbocycles. The summed E-state index contributed by atoms with van der Waals surface area (Å²) in [5, 5.41) is 0.733. The quantitative estimate of drug-likeness (QED) is 0.560. The monoisotopic (exact) mass is 384 g/mol. The molecule has 4 heteroatoms. The lowest BCUT2D eigenvalue weighted by molar-refractivity contribution is 0.377. The second-order valence-electron chi connectivity index (χ2n) is 7.96. The molecule has 0 N–H and O–H groups in total. The van der Waals surface area contributed by atoms with E-state index in [1.165, 1.54) is 11.3 Å². The van der Waals surface area contributed by atoms with E-state index in [-0.39, 0.29) is 5.54 Å². The summed E-state index contributed by atoms with van der Waals surface area (Å²) in [6.07, 6.45) is 3.02. The summed E-state index contributed by atoms with van der Waals surface area (Å²) in [6.45, 7) is 12.1. The molecule has 3 rings (SSSR count). The van der Waals surface area contributed by atoms with Gasteiger partial charge in [0.2, 0.25) is 0 Å². The number of halogens is 1. The van der Waals surface area contributed by atoms with Crippen LogP contribution < -0.4 is 9.64 Å². The number of rotatable bonds is 4. The predicted molar refractivity (Wildman–Crippen MR) is 117 cm³/mol. The Hall–Kier alpha value is -2.00. The Labute approximate surface area is 168 Å². The molecule has 0 radical (unpaired) electrons. The van der Waals surface area contributed by atoms with Gasteiger partial charge in [0, 0.05) is 40.6 Å². The Morgan fingerprint density at radius 2 is 2.07 bits per heavy atom. The number of hydrogen-bond acceptors (Lipinski definition) is 3. The SMILES string of the molecule is CCN1c2cc(OC)c(C=Nc3cccc(Cl)c3C)cc2C(C)CC1(C)C. The van der Waals surface area contributed by atoms with E-state index in [1.807, 2.05) is 31.3 Å². The van der Waals surface area contributed by atoms with Crippen molar-refractivity contribution in [3.05, 3.63) is 52.0 Å². The van der Waals surface area contributed by atoms with Gasteiger partial charge in [-0.25, -0.2) is 0 Å². The molecular formula is C23H29ClN2O. The van der Waals surface area contributed by atoms with E-state index in [0.29, 0.717) is 5.92 Å². The molecule has 1 aliphatic heterocycles. The number of aliphatic imine (C=N–C) groups is 1. The largest absolute Gasteiger partial charge is 0.496 e. The summed E-state index contributed by atoms with van der Waals surface area (Å²) < 4.78 is 5.71. The van der Waals surface area contributed by atoms with Crippen molar-refractivity contribution in [2.45, 2.75) is 52.5 Å². The first-order chi connectivity index (χ1) is 12.8. The first kappa shape index (κ1) is 19.8. The second-order valence-corrected chi connectivity index (χ2v) is 8.36. The Bertz CT molecular complexity index is 873. The summed E-state index contributed by atoms with van der Waals surface area (Å²) in [6, 6.07) is 10.2. The lowest BCUT2D eigenvalue weighted by Crippen LogP contribution is -2.48. The minimum absolute atomic E-state index is 0.139. The van der Waals surface area contributed by atoms with Crippen molar-refractivity contribution in [3.63, 3.8) is 0 Å². The van der Waals surface area contributed by atoms with Gasteiger partial charge in [0.1, 0.15) is 5.75 Å². The van der Waals surface area contributed by atoms with Gasteiger partial charge in [-0.15, -0.1) is 0 Å². The van der Waals surface area contributed by atoms with E-state index in [9.17, 15) is 0 Å². The van der Waals surface area contributed by atoms with Crippen molar-refractivity contribution in [2.75, 3.05) is 18.6 Å². The highest BCUT2D eigenvalue weighted by atomic mass is 35.5. The van der Waals surface area contributed by atoms with Crippen LogP contribution in [-0.2, 0) is 0 Å². The minimum Gasteiger partial charge on any atom is -0.496 e. The molecule has 0 aliphatic carbocycles. The van der Waals surface area contributed by atoms with Gasteiger partial charge in [-0.05, 0) is 69.4 Å². The zero-order valence-corrected chi connectivity index (χ0v) is 17.9. The zero-order valence-electron chi connectivity index (χ0n) is 17.1. The lowest BCUT2D eigenvalue weighted by Gasteiger charge is -2.47. The molecular weight excluding hydrogens is 356 g/mol.